The fraction of sp³-hybridized carbons (Fsp3) is 0.290. The van der Waals surface area contributed by atoms with Crippen molar-refractivity contribution in [2.45, 2.75) is 26.8 Å². The second-order valence-electron chi connectivity index (χ2n) is 9.80. The Morgan fingerprint density at radius 2 is 1.57 bits per heavy atom. The van der Waals surface area contributed by atoms with Gasteiger partial charge in [0.15, 0.2) is 11.5 Å². The van der Waals surface area contributed by atoms with Crippen molar-refractivity contribution in [2.75, 3.05) is 32.8 Å². The first-order valence-electron chi connectivity index (χ1n) is 12.8. The molecule has 3 aromatic rings. The number of aromatic hydroxyl groups is 1. The average Bonchev–Trinajstić information content (AvgIpc) is 3.20. The van der Waals surface area contributed by atoms with Gasteiger partial charge in [-0.2, -0.15) is 0 Å². The monoisotopic (exact) mass is 547 g/mol. The van der Waals surface area contributed by atoms with Crippen LogP contribution in [0.5, 0.6) is 28.7 Å². The van der Waals surface area contributed by atoms with Gasteiger partial charge in [-0.05, 0) is 66.4 Å². The Bertz CT molecular complexity index is 1450. The molecule has 0 aromatic heterocycles. The summed E-state index contributed by atoms with van der Waals surface area (Å²) in [5, 5.41) is 22.2. The van der Waals surface area contributed by atoms with Gasteiger partial charge in [0, 0.05) is 5.56 Å². The number of hydrogen-bond donors (Lipinski definition) is 2. The van der Waals surface area contributed by atoms with Gasteiger partial charge < -0.3 is 29.2 Å². The molecular formula is C31H33NO8. The third-order valence-electron chi connectivity index (χ3n) is 6.61. The predicted octanol–water partition coefficient (Wildman–Crippen LogP) is 5.39. The molecule has 1 saturated heterocycles. The number of Topliss-reactive ketones (excluding diaryl/α,β-unsaturated/α-hetero) is 1. The van der Waals surface area contributed by atoms with Crippen LogP contribution in [0.2, 0.25) is 0 Å². The lowest BCUT2D eigenvalue weighted by Gasteiger charge is -2.27. The van der Waals surface area contributed by atoms with Crippen LogP contribution in [0.4, 0.5) is 5.69 Å². The SMILES string of the molecule is COc1cc(C2/C(=C(\O)c3ccc(OCC(C)C)c(C)c3)C(=O)C(=O)N2c2ccccc2O)cc(OC)c1OC. The Balaban J connectivity index is 1.95. The number of phenols is 1. The fourth-order valence-electron chi connectivity index (χ4n) is 4.69. The van der Waals surface area contributed by atoms with Crippen LogP contribution >= 0.6 is 0 Å². The molecule has 9 heteroatoms. The van der Waals surface area contributed by atoms with Gasteiger partial charge >= 0.3 is 0 Å². The summed E-state index contributed by atoms with van der Waals surface area (Å²) in [4.78, 5) is 28.2. The van der Waals surface area contributed by atoms with Crippen molar-refractivity contribution >= 4 is 23.1 Å². The number of ketones is 1. The van der Waals surface area contributed by atoms with Crippen LogP contribution < -0.4 is 23.8 Å². The lowest BCUT2D eigenvalue weighted by Crippen LogP contribution is -2.29. The zero-order chi connectivity index (χ0) is 29.1. The fourth-order valence-corrected chi connectivity index (χ4v) is 4.69. The maximum atomic E-state index is 13.6. The van der Waals surface area contributed by atoms with E-state index in [0.29, 0.717) is 46.6 Å². The minimum atomic E-state index is -1.13. The molecule has 40 heavy (non-hydrogen) atoms. The molecule has 1 amide bonds. The summed E-state index contributed by atoms with van der Waals surface area (Å²) in [5.74, 6) is -0.492. The molecular weight excluding hydrogens is 514 g/mol. The molecule has 0 bridgehead atoms. The number of benzene rings is 3. The van der Waals surface area contributed by atoms with Crippen molar-refractivity contribution in [3.8, 4) is 28.7 Å². The number of carbonyl (C=O) groups excluding carboxylic acids is 2. The normalized spacial score (nSPS) is 16.4. The Morgan fingerprint density at radius 1 is 0.925 bits per heavy atom. The van der Waals surface area contributed by atoms with Gasteiger partial charge in [0.05, 0.1) is 45.2 Å². The maximum Gasteiger partial charge on any atom is 0.300 e. The summed E-state index contributed by atoms with van der Waals surface area (Å²) < 4.78 is 22.3. The van der Waals surface area contributed by atoms with Crippen LogP contribution in [0.3, 0.4) is 0 Å². The van der Waals surface area contributed by atoms with Crippen LogP contribution in [-0.4, -0.2) is 49.8 Å². The summed E-state index contributed by atoms with van der Waals surface area (Å²) in [5.41, 5.74) is 1.44. The van der Waals surface area contributed by atoms with E-state index in [1.165, 1.54) is 33.5 Å². The van der Waals surface area contributed by atoms with Crippen molar-refractivity contribution in [1.82, 2.24) is 0 Å². The molecule has 4 rings (SSSR count). The van der Waals surface area contributed by atoms with E-state index in [2.05, 4.69) is 0 Å². The first kappa shape index (κ1) is 28.4. The highest BCUT2D eigenvalue weighted by Crippen LogP contribution is 2.48. The minimum Gasteiger partial charge on any atom is -0.507 e. The largest absolute Gasteiger partial charge is 0.507 e. The first-order valence-corrected chi connectivity index (χ1v) is 12.8. The number of anilines is 1. The summed E-state index contributed by atoms with van der Waals surface area (Å²) >= 11 is 0. The zero-order valence-electron chi connectivity index (χ0n) is 23.3. The molecule has 0 aliphatic carbocycles. The number of ether oxygens (including phenoxy) is 4. The topological polar surface area (TPSA) is 115 Å². The van der Waals surface area contributed by atoms with Crippen molar-refractivity contribution in [2.24, 2.45) is 5.92 Å². The van der Waals surface area contributed by atoms with E-state index in [-0.39, 0.29) is 22.8 Å². The van der Waals surface area contributed by atoms with E-state index < -0.39 is 17.7 Å². The number of aliphatic hydroxyl groups excluding tert-OH is 1. The lowest BCUT2D eigenvalue weighted by molar-refractivity contribution is -0.132. The van der Waals surface area contributed by atoms with Gasteiger partial charge in [-0.3, -0.25) is 14.5 Å². The first-order chi connectivity index (χ1) is 19.1. The highest BCUT2D eigenvalue weighted by atomic mass is 16.5. The van der Waals surface area contributed by atoms with Gasteiger partial charge in [0.2, 0.25) is 5.75 Å². The molecule has 3 aromatic carbocycles. The van der Waals surface area contributed by atoms with Crippen LogP contribution in [0, 0.1) is 12.8 Å². The second kappa shape index (κ2) is 11.6. The van der Waals surface area contributed by atoms with E-state index in [0.717, 1.165) is 10.5 Å². The number of carbonyl (C=O) groups is 2. The van der Waals surface area contributed by atoms with Crippen molar-refractivity contribution in [3.63, 3.8) is 0 Å². The van der Waals surface area contributed by atoms with Crippen LogP contribution in [0.1, 0.15) is 36.6 Å². The molecule has 0 radical (unpaired) electrons. The van der Waals surface area contributed by atoms with Crippen LogP contribution in [0.15, 0.2) is 60.2 Å². The Hall–Kier alpha value is -4.66. The molecule has 0 spiro atoms. The molecule has 1 fully saturated rings. The van der Waals surface area contributed by atoms with Gasteiger partial charge in [-0.1, -0.05) is 26.0 Å². The summed E-state index contributed by atoms with van der Waals surface area (Å²) in [7, 11) is 4.37. The number of phenolic OH excluding ortho intramolecular Hbond substituents is 1. The van der Waals surface area contributed by atoms with Crippen LogP contribution in [-0.2, 0) is 9.59 Å². The summed E-state index contributed by atoms with van der Waals surface area (Å²) in [6.45, 7) is 6.45. The third kappa shape index (κ3) is 5.14. The molecule has 1 aliphatic rings. The van der Waals surface area contributed by atoms with Crippen molar-refractivity contribution in [3.05, 3.63) is 76.9 Å². The molecule has 9 nitrogen and oxygen atoms in total. The van der Waals surface area contributed by atoms with Crippen molar-refractivity contribution < 1.29 is 38.7 Å². The number of hydrogen-bond acceptors (Lipinski definition) is 8. The Labute approximate surface area is 233 Å². The standard InChI is InChI=1S/C31H33NO8/c1-17(2)16-40-23-12-11-19(13-18(23)3)28(34)26-27(20-14-24(37-4)30(39-6)25(15-20)38-5)32(31(36)29(26)35)21-9-7-8-10-22(21)33/h7-15,17,27,33-34H,16H2,1-6H3/b28-26+. The number of methoxy groups -OCH3 is 3. The highest BCUT2D eigenvalue weighted by Gasteiger charge is 2.48. The van der Waals surface area contributed by atoms with Gasteiger partial charge in [-0.15, -0.1) is 0 Å². The summed E-state index contributed by atoms with van der Waals surface area (Å²) in [6.07, 6.45) is 0. The molecule has 1 atom stereocenters. The predicted molar refractivity (Wildman–Crippen MR) is 150 cm³/mol. The van der Waals surface area contributed by atoms with Gasteiger partial charge in [0.1, 0.15) is 17.3 Å². The van der Waals surface area contributed by atoms with E-state index in [4.69, 9.17) is 18.9 Å². The second-order valence-corrected chi connectivity index (χ2v) is 9.80. The van der Waals surface area contributed by atoms with E-state index >= 15 is 0 Å². The molecule has 2 N–H and O–H groups in total. The average molecular weight is 548 g/mol. The number of aliphatic hydroxyl groups is 1. The number of rotatable bonds is 9. The highest BCUT2D eigenvalue weighted by molar-refractivity contribution is 6.52. The molecule has 1 aliphatic heterocycles. The summed E-state index contributed by atoms with van der Waals surface area (Å²) in [6, 6.07) is 13.3. The van der Waals surface area contributed by atoms with E-state index in [1.807, 2.05) is 20.8 Å². The Kier molecular flexibility index (Phi) is 8.23. The number of para-hydroxylation sites is 2. The van der Waals surface area contributed by atoms with Gasteiger partial charge in [-0.25, -0.2) is 0 Å². The number of amides is 1. The molecule has 1 heterocycles. The number of nitrogens with zero attached hydrogens (tertiary/aromatic N) is 1. The quantitative estimate of drug-likeness (QED) is 0.208. The molecule has 0 saturated carbocycles. The van der Waals surface area contributed by atoms with E-state index in [1.54, 1.807) is 42.5 Å². The molecule has 210 valence electrons. The minimum absolute atomic E-state index is 0.107. The maximum absolute atomic E-state index is 13.6. The van der Waals surface area contributed by atoms with Crippen LogP contribution in [0.25, 0.3) is 5.76 Å². The van der Waals surface area contributed by atoms with Crippen molar-refractivity contribution in [1.29, 1.82) is 0 Å². The smallest absolute Gasteiger partial charge is 0.300 e. The number of aryl methyl sites for hydroxylation is 1. The Morgan fingerprint density at radius 3 is 2.12 bits per heavy atom. The third-order valence-corrected chi connectivity index (χ3v) is 6.61. The zero-order valence-corrected chi connectivity index (χ0v) is 23.3. The van der Waals surface area contributed by atoms with E-state index in [9.17, 15) is 19.8 Å². The molecule has 1 unspecified atom stereocenters. The van der Waals surface area contributed by atoms with Gasteiger partial charge in [0.25, 0.3) is 11.7 Å². The lowest BCUT2D eigenvalue weighted by atomic mass is 9.94.